The van der Waals surface area contributed by atoms with E-state index >= 15 is 0 Å². The Morgan fingerprint density at radius 2 is 1.86 bits per heavy atom. The van der Waals surface area contributed by atoms with Crippen molar-refractivity contribution < 1.29 is 0 Å². The highest BCUT2D eigenvalue weighted by Gasteiger charge is 2.17. The van der Waals surface area contributed by atoms with Gasteiger partial charge in [-0.2, -0.15) is 5.10 Å². The lowest BCUT2D eigenvalue weighted by atomic mass is 10.2. The Bertz CT molecular complexity index is 426. The van der Waals surface area contributed by atoms with Crippen LogP contribution in [0.4, 0.5) is 0 Å². The summed E-state index contributed by atoms with van der Waals surface area (Å²) in [4.78, 5) is 4.79. The first-order chi connectivity index (χ1) is 9.88. The largest absolute Gasteiger partial charge is 0.308 e. The number of halogens is 1. The number of aryl methyl sites for hydroxylation is 2. The van der Waals surface area contributed by atoms with Crippen LogP contribution < -0.4 is 0 Å². The van der Waals surface area contributed by atoms with Gasteiger partial charge in [-0.1, -0.05) is 20.8 Å². The van der Waals surface area contributed by atoms with Crippen molar-refractivity contribution in [2.24, 2.45) is 5.92 Å². The number of hydrogen-bond donors (Lipinski definition) is 0. The maximum atomic E-state index is 4.71. The Kier molecular flexibility index (Phi) is 7.92. The number of rotatable bonds is 9. The summed E-state index contributed by atoms with van der Waals surface area (Å²) in [7, 11) is 4.27. The topological polar surface area (TPSA) is 24.3 Å². The van der Waals surface area contributed by atoms with E-state index in [-0.39, 0.29) is 0 Å². The monoisotopic (exact) mass is 358 g/mol. The third-order valence-corrected chi connectivity index (χ3v) is 4.47. The van der Waals surface area contributed by atoms with Crippen molar-refractivity contribution in [3.63, 3.8) is 0 Å². The summed E-state index contributed by atoms with van der Waals surface area (Å²) in [6, 6.07) is 0. The van der Waals surface area contributed by atoms with Crippen molar-refractivity contribution in [1.82, 2.24) is 19.6 Å². The Morgan fingerprint density at radius 1 is 1.19 bits per heavy atom. The highest BCUT2D eigenvalue weighted by molar-refractivity contribution is 9.10. The molecular formula is C16H31BrN4. The highest BCUT2D eigenvalue weighted by Crippen LogP contribution is 2.24. The van der Waals surface area contributed by atoms with Crippen molar-refractivity contribution >= 4 is 15.9 Å². The van der Waals surface area contributed by atoms with Crippen LogP contribution in [0.25, 0.3) is 0 Å². The Balaban J connectivity index is 2.88. The molecule has 0 saturated carbocycles. The molecule has 0 spiro atoms. The summed E-state index contributed by atoms with van der Waals surface area (Å²) in [5.41, 5.74) is 2.48. The molecular weight excluding hydrogens is 328 g/mol. The third-order valence-electron chi connectivity index (χ3n) is 3.55. The minimum absolute atomic E-state index is 0.676. The molecule has 0 aromatic carbocycles. The van der Waals surface area contributed by atoms with Gasteiger partial charge in [0.2, 0.25) is 0 Å². The summed E-state index contributed by atoms with van der Waals surface area (Å²) >= 11 is 3.76. The molecule has 21 heavy (non-hydrogen) atoms. The van der Waals surface area contributed by atoms with Gasteiger partial charge in [0.05, 0.1) is 15.9 Å². The number of aromatic nitrogens is 2. The molecule has 5 heteroatoms. The molecule has 0 unspecified atom stereocenters. The number of hydrogen-bond acceptors (Lipinski definition) is 3. The molecule has 0 bridgehead atoms. The molecule has 0 N–H and O–H groups in total. The van der Waals surface area contributed by atoms with Crippen molar-refractivity contribution in [2.45, 2.75) is 47.2 Å². The lowest BCUT2D eigenvalue weighted by Gasteiger charge is -2.26. The Morgan fingerprint density at radius 3 is 2.33 bits per heavy atom. The molecule has 0 atom stereocenters. The van der Waals surface area contributed by atoms with E-state index in [1.807, 2.05) is 0 Å². The molecule has 0 aliphatic heterocycles. The lowest BCUT2D eigenvalue weighted by molar-refractivity contribution is 0.206. The van der Waals surface area contributed by atoms with Gasteiger partial charge in [-0.05, 0) is 49.3 Å². The number of nitrogens with zero attached hydrogens (tertiary/aromatic N) is 4. The van der Waals surface area contributed by atoms with Gasteiger partial charge in [0.1, 0.15) is 0 Å². The van der Waals surface area contributed by atoms with Gasteiger partial charge in [-0.3, -0.25) is 9.58 Å². The van der Waals surface area contributed by atoms with Crippen LogP contribution in [-0.2, 0) is 19.5 Å². The summed E-state index contributed by atoms with van der Waals surface area (Å²) in [6.07, 6.45) is 0.975. The van der Waals surface area contributed by atoms with E-state index in [0.29, 0.717) is 5.92 Å². The summed E-state index contributed by atoms with van der Waals surface area (Å²) in [5, 5.41) is 4.71. The summed E-state index contributed by atoms with van der Waals surface area (Å²) in [6.45, 7) is 14.1. The Hall–Kier alpha value is -0.390. The van der Waals surface area contributed by atoms with Crippen LogP contribution in [0, 0.1) is 5.92 Å². The van der Waals surface area contributed by atoms with Crippen LogP contribution in [0.3, 0.4) is 0 Å². The maximum absolute atomic E-state index is 4.71. The van der Waals surface area contributed by atoms with Crippen molar-refractivity contribution in [1.29, 1.82) is 0 Å². The van der Waals surface area contributed by atoms with Crippen LogP contribution in [0.1, 0.15) is 39.1 Å². The molecule has 0 fully saturated rings. The number of likely N-dealkylation sites (N-methyl/N-ethyl adjacent to an activating group) is 1. The summed E-state index contributed by atoms with van der Waals surface area (Å²) in [5.74, 6) is 0.676. The lowest BCUT2D eigenvalue weighted by Crippen LogP contribution is -2.34. The van der Waals surface area contributed by atoms with Crippen LogP contribution in [0.15, 0.2) is 4.47 Å². The molecule has 1 aromatic rings. The standard InChI is InChI=1S/C16H31BrN4/c1-7-14-16(17)15(21(8-2)18-14)12-20(11-13(3)4)10-9-19(5)6/h13H,7-12H2,1-6H3. The van der Waals surface area contributed by atoms with Gasteiger partial charge >= 0.3 is 0 Å². The van der Waals surface area contributed by atoms with E-state index in [1.54, 1.807) is 0 Å². The first-order valence-corrected chi connectivity index (χ1v) is 8.79. The SMILES string of the molecule is CCc1nn(CC)c(CN(CCN(C)C)CC(C)C)c1Br. The molecule has 0 aliphatic rings. The van der Waals surface area contributed by atoms with E-state index in [4.69, 9.17) is 5.10 Å². The predicted molar refractivity (Wildman–Crippen MR) is 93.6 cm³/mol. The molecule has 1 aromatic heterocycles. The van der Waals surface area contributed by atoms with E-state index in [9.17, 15) is 0 Å². The molecule has 122 valence electrons. The first-order valence-electron chi connectivity index (χ1n) is 8.00. The first kappa shape index (κ1) is 18.7. The van der Waals surface area contributed by atoms with E-state index in [2.05, 4.69) is 72.2 Å². The van der Waals surface area contributed by atoms with Gasteiger partial charge < -0.3 is 4.90 Å². The molecule has 4 nitrogen and oxygen atoms in total. The molecule has 0 radical (unpaired) electrons. The highest BCUT2D eigenvalue weighted by atomic mass is 79.9. The molecule has 0 aliphatic carbocycles. The van der Waals surface area contributed by atoms with E-state index in [1.165, 1.54) is 15.9 Å². The molecule has 1 heterocycles. The van der Waals surface area contributed by atoms with E-state index < -0.39 is 0 Å². The van der Waals surface area contributed by atoms with Gasteiger partial charge in [0, 0.05) is 32.7 Å². The average Bonchev–Trinajstić information content (AvgIpc) is 2.72. The second-order valence-electron chi connectivity index (χ2n) is 6.31. The van der Waals surface area contributed by atoms with E-state index in [0.717, 1.165) is 39.1 Å². The van der Waals surface area contributed by atoms with Gasteiger partial charge in [0.25, 0.3) is 0 Å². The van der Waals surface area contributed by atoms with Crippen molar-refractivity contribution in [3.05, 3.63) is 15.9 Å². The van der Waals surface area contributed by atoms with Crippen LogP contribution in [0.5, 0.6) is 0 Å². The minimum atomic E-state index is 0.676. The second kappa shape index (κ2) is 8.91. The zero-order valence-corrected chi connectivity index (χ0v) is 16.1. The smallest absolute Gasteiger partial charge is 0.0767 e. The van der Waals surface area contributed by atoms with Crippen LogP contribution in [-0.4, -0.2) is 53.3 Å². The zero-order valence-electron chi connectivity index (χ0n) is 14.5. The van der Waals surface area contributed by atoms with Crippen LogP contribution in [0.2, 0.25) is 0 Å². The molecule has 0 amide bonds. The van der Waals surface area contributed by atoms with Crippen LogP contribution >= 0.6 is 15.9 Å². The summed E-state index contributed by atoms with van der Waals surface area (Å²) < 4.78 is 3.34. The Labute approximate surface area is 138 Å². The molecule has 0 saturated heterocycles. The molecule has 1 rings (SSSR count). The zero-order chi connectivity index (χ0) is 16.0. The normalized spacial score (nSPS) is 12.1. The van der Waals surface area contributed by atoms with Crippen molar-refractivity contribution in [2.75, 3.05) is 33.7 Å². The fraction of sp³-hybridized carbons (Fsp3) is 0.812. The quantitative estimate of drug-likeness (QED) is 0.677. The van der Waals surface area contributed by atoms with Gasteiger partial charge in [-0.15, -0.1) is 0 Å². The van der Waals surface area contributed by atoms with Gasteiger partial charge in [-0.25, -0.2) is 0 Å². The fourth-order valence-electron chi connectivity index (χ4n) is 2.47. The second-order valence-corrected chi connectivity index (χ2v) is 7.10. The fourth-order valence-corrected chi connectivity index (χ4v) is 3.16. The third kappa shape index (κ3) is 5.72. The van der Waals surface area contributed by atoms with Crippen molar-refractivity contribution in [3.8, 4) is 0 Å². The predicted octanol–water partition coefficient (Wildman–Crippen LogP) is 3.25. The maximum Gasteiger partial charge on any atom is 0.0767 e. The minimum Gasteiger partial charge on any atom is -0.308 e. The van der Waals surface area contributed by atoms with Gasteiger partial charge in [0.15, 0.2) is 0 Å². The average molecular weight is 359 g/mol.